The number of nitrogens with one attached hydrogen (secondary N) is 1. The van der Waals surface area contributed by atoms with Gasteiger partial charge in [-0.25, -0.2) is 4.39 Å². The molecule has 0 aliphatic rings. The van der Waals surface area contributed by atoms with Crippen molar-refractivity contribution in [3.63, 3.8) is 0 Å². The zero-order valence-corrected chi connectivity index (χ0v) is 10.3. The zero-order chi connectivity index (χ0) is 12.1. The summed E-state index contributed by atoms with van der Waals surface area (Å²) >= 11 is 0. The molecular weight excluding hydrogens is 203 g/mol. The number of hydrogen-bond acceptors (Lipinski definition) is 2. The molecule has 0 aliphatic carbocycles. The normalized spacial score (nSPS) is 14.5. The average molecular weight is 224 g/mol. The van der Waals surface area contributed by atoms with Crippen molar-refractivity contribution in [2.24, 2.45) is 5.92 Å². The standard InChI is InChI=1S/C13H21FN2/c1-4-9(2)7-10(3)16-13-8-11(14)5-6-12(13)15/h5-6,8-10,16H,4,7,15H2,1-3H3. The molecule has 16 heavy (non-hydrogen) atoms. The van der Waals surface area contributed by atoms with Gasteiger partial charge in [-0.3, -0.25) is 0 Å². The fraction of sp³-hybridized carbons (Fsp3) is 0.538. The zero-order valence-electron chi connectivity index (χ0n) is 10.3. The molecule has 0 spiro atoms. The summed E-state index contributed by atoms with van der Waals surface area (Å²) in [5.74, 6) is 0.407. The van der Waals surface area contributed by atoms with Gasteiger partial charge in [0.1, 0.15) is 5.82 Å². The van der Waals surface area contributed by atoms with E-state index in [2.05, 4.69) is 26.1 Å². The summed E-state index contributed by atoms with van der Waals surface area (Å²) in [6.45, 7) is 6.48. The van der Waals surface area contributed by atoms with E-state index in [9.17, 15) is 4.39 Å². The Labute approximate surface area is 97.0 Å². The van der Waals surface area contributed by atoms with Crippen LogP contribution < -0.4 is 11.1 Å². The molecule has 1 rings (SSSR count). The van der Waals surface area contributed by atoms with Crippen LogP contribution in [0.4, 0.5) is 15.8 Å². The Morgan fingerprint density at radius 3 is 2.69 bits per heavy atom. The highest BCUT2D eigenvalue weighted by atomic mass is 19.1. The molecule has 0 aromatic heterocycles. The largest absolute Gasteiger partial charge is 0.397 e. The van der Waals surface area contributed by atoms with Crippen LogP contribution in [0.1, 0.15) is 33.6 Å². The van der Waals surface area contributed by atoms with Crippen molar-refractivity contribution in [2.45, 2.75) is 39.7 Å². The number of anilines is 2. The van der Waals surface area contributed by atoms with E-state index in [0.29, 0.717) is 23.3 Å². The van der Waals surface area contributed by atoms with E-state index >= 15 is 0 Å². The van der Waals surface area contributed by atoms with E-state index in [1.807, 2.05) is 0 Å². The number of nitrogens with two attached hydrogens (primary N) is 1. The van der Waals surface area contributed by atoms with Gasteiger partial charge < -0.3 is 11.1 Å². The lowest BCUT2D eigenvalue weighted by Crippen LogP contribution is -2.19. The number of halogens is 1. The van der Waals surface area contributed by atoms with Gasteiger partial charge in [-0.2, -0.15) is 0 Å². The number of hydrogen-bond donors (Lipinski definition) is 2. The number of rotatable bonds is 5. The summed E-state index contributed by atoms with van der Waals surface area (Å²) in [6, 6.07) is 4.72. The van der Waals surface area contributed by atoms with Gasteiger partial charge in [-0.15, -0.1) is 0 Å². The number of benzene rings is 1. The fourth-order valence-electron chi connectivity index (χ4n) is 1.75. The Bertz CT molecular complexity index is 339. The van der Waals surface area contributed by atoms with Crippen LogP contribution in [0, 0.1) is 11.7 Å². The van der Waals surface area contributed by atoms with Crippen LogP contribution in [0.5, 0.6) is 0 Å². The van der Waals surface area contributed by atoms with Crippen LogP contribution in [0.25, 0.3) is 0 Å². The summed E-state index contributed by atoms with van der Waals surface area (Å²) < 4.78 is 13.0. The molecule has 1 aromatic carbocycles. The molecule has 0 radical (unpaired) electrons. The molecule has 1 aromatic rings. The van der Waals surface area contributed by atoms with Gasteiger partial charge in [-0.1, -0.05) is 20.3 Å². The molecule has 3 heteroatoms. The highest BCUT2D eigenvalue weighted by molar-refractivity contribution is 5.66. The van der Waals surface area contributed by atoms with Crippen molar-refractivity contribution in [2.75, 3.05) is 11.1 Å². The minimum absolute atomic E-state index is 0.257. The van der Waals surface area contributed by atoms with Crippen LogP contribution in [0.15, 0.2) is 18.2 Å². The Hall–Kier alpha value is -1.25. The molecule has 2 unspecified atom stereocenters. The van der Waals surface area contributed by atoms with Crippen molar-refractivity contribution in [1.29, 1.82) is 0 Å². The first kappa shape index (κ1) is 12.8. The van der Waals surface area contributed by atoms with E-state index in [1.54, 1.807) is 6.07 Å². The molecule has 0 fully saturated rings. The van der Waals surface area contributed by atoms with Gasteiger partial charge in [0.15, 0.2) is 0 Å². The Morgan fingerprint density at radius 2 is 2.06 bits per heavy atom. The summed E-state index contributed by atoms with van der Waals surface area (Å²) in [6.07, 6.45) is 2.22. The SMILES string of the molecule is CCC(C)CC(C)Nc1cc(F)ccc1N. The van der Waals surface area contributed by atoms with Gasteiger partial charge in [0, 0.05) is 6.04 Å². The minimum Gasteiger partial charge on any atom is -0.397 e. The topological polar surface area (TPSA) is 38.0 Å². The third-order valence-electron chi connectivity index (χ3n) is 2.87. The Morgan fingerprint density at radius 1 is 1.38 bits per heavy atom. The van der Waals surface area contributed by atoms with Crippen molar-refractivity contribution >= 4 is 11.4 Å². The monoisotopic (exact) mass is 224 g/mol. The maximum atomic E-state index is 13.0. The summed E-state index contributed by atoms with van der Waals surface area (Å²) in [5, 5.41) is 3.25. The summed E-state index contributed by atoms with van der Waals surface area (Å²) in [7, 11) is 0. The lowest BCUT2D eigenvalue weighted by atomic mass is 10.00. The number of nitrogen functional groups attached to an aromatic ring is 1. The van der Waals surface area contributed by atoms with Gasteiger partial charge >= 0.3 is 0 Å². The van der Waals surface area contributed by atoms with E-state index < -0.39 is 0 Å². The second kappa shape index (κ2) is 5.73. The Kier molecular flexibility index (Phi) is 4.59. The first-order valence-corrected chi connectivity index (χ1v) is 5.84. The van der Waals surface area contributed by atoms with Gasteiger partial charge in [-0.05, 0) is 37.5 Å². The Balaban J connectivity index is 2.61. The maximum absolute atomic E-state index is 13.0. The van der Waals surface area contributed by atoms with Crippen molar-refractivity contribution in [3.8, 4) is 0 Å². The molecule has 90 valence electrons. The summed E-state index contributed by atoms with van der Waals surface area (Å²) in [5.41, 5.74) is 7.06. The molecule has 0 bridgehead atoms. The minimum atomic E-state index is -0.257. The highest BCUT2D eigenvalue weighted by Crippen LogP contribution is 2.22. The first-order chi connectivity index (χ1) is 7.52. The maximum Gasteiger partial charge on any atom is 0.125 e. The van der Waals surface area contributed by atoms with E-state index in [1.165, 1.54) is 12.1 Å². The predicted octanol–water partition coefficient (Wildman–Crippen LogP) is 3.64. The third kappa shape index (κ3) is 3.72. The first-order valence-electron chi connectivity index (χ1n) is 5.84. The van der Waals surface area contributed by atoms with Gasteiger partial charge in [0.25, 0.3) is 0 Å². The molecule has 0 heterocycles. The molecule has 3 N–H and O–H groups in total. The lowest BCUT2D eigenvalue weighted by molar-refractivity contribution is 0.483. The van der Waals surface area contributed by atoms with Crippen molar-refractivity contribution in [3.05, 3.63) is 24.0 Å². The van der Waals surface area contributed by atoms with Crippen LogP contribution in [-0.4, -0.2) is 6.04 Å². The molecule has 0 aliphatic heterocycles. The van der Waals surface area contributed by atoms with Crippen molar-refractivity contribution < 1.29 is 4.39 Å². The second-order valence-corrected chi connectivity index (χ2v) is 4.53. The molecule has 0 saturated carbocycles. The fourth-order valence-corrected chi connectivity index (χ4v) is 1.75. The van der Waals surface area contributed by atoms with E-state index in [4.69, 9.17) is 5.73 Å². The second-order valence-electron chi connectivity index (χ2n) is 4.53. The molecule has 0 saturated heterocycles. The highest BCUT2D eigenvalue weighted by Gasteiger charge is 2.09. The molecule has 0 amide bonds. The average Bonchev–Trinajstić information content (AvgIpc) is 2.23. The quantitative estimate of drug-likeness (QED) is 0.749. The van der Waals surface area contributed by atoms with Crippen LogP contribution >= 0.6 is 0 Å². The third-order valence-corrected chi connectivity index (χ3v) is 2.87. The predicted molar refractivity (Wildman–Crippen MR) is 68.0 cm³/mol. The smallest absolute Gasteiger partial charge is 0.125 e. The van der Waals surface area contributed by atoms with Gasteiger partial charge in [0.05, 0.1) is 11.4 Å². The van der Waals surface area contributed by atoms with Crippen LogP contribution in [-0.2, 0) is 0 Å². The van der Waals surface area contributed by atoms with Crippen LogP contribution in [0.3, 0.4) is 0 Å². The molecule has 2 atom stereocenters. The molecule has 2 nitrogen and oxygen atoms in total. The van der Waals surface area contributed by atoms with Gasteiger partial charge in [0.2, 0.25) is 0 Å². The van der Waals surface area contributed by atoms with Crippen molar-refractivity contribution in [1.82, 2.24) is 0 Å². The van der Waals surface area contributed by atoms with Crippen LogP contribution in [0.2, 0.25) is 0 Å². The summed E-state index contributed by atoms with van der Waals surface area (Å²) in [4.78, 5) is 0. The van der Waals surface area contributed by atoms with E-state index in [0.717, 1.165) is 12.8 Å². The molecular formula is C13H21FN2. The van der Waals surface area contributed by atoms with E-state index in [-0.39, 0.29) is 5.82 Å². The lowest BCUT2D eigenvalue weighted by Gasteiger charge is -2.19.